The van der Waals surface area contributed by atoms with Gasteiger partial charge in [0, 0.05) is 28.1 Å². The van der Waals surface area contributed by atoms with Gasteiger partial charge in [-0.1, -0.05) is 29.8 Å². The first-order valence-corrected chi connectivity index (χ1v) is 10.1. The maximum atomic E-state index is 12.8. The van der Waals surface area contributed by atoms with Crippen molar-refractivity contribution < 1.29 is 8.42 Å². The number of hydrogen-bond acceptors (Lipinski definition) is 3. The van der Waals surface area contributed by atoms with Crippen molar-refractivity contribution in [1.29, 1.82) is 0 Å². The molecule has 1 fully saturated rings. The van der Waals surface area contributed by atoms with E-state index in [2.05, 4.69) is 50.6 Å². The normalized spacial score (nSPS) is 20.3. The second kappa shape index (κ2) is 7.08. The highest BCUT2D eigenvalue weighted by atomic mass is 79.9. The van der Waals surface area contributed by atoms with Gasteiger partial charge in [0.1, 0.15) is 0 Å². The van der Waals surface area contributed by atoms with Crippen molar-refractivity contribution in [2.75, 3.05) is 26.2 Å². The van der Waals surface area contributed by atoms with Crippen molar-refractivity contribution in [3.05, 3.63) is 27.1 Å². The van der Waals surface area contributed by atoms with E-state index >= 15 is 0 Å². The molecule has 1 atom stereocenters. The molecular weight excluding hydrogens is 420 g/mol. The first kappa shape index (κ1) is 17.4. The highest BCUT2D eigenvalue weighted by molar-refractivity contribution is 9.11. The van der Waals surface area contributed by atoms with E-state index in [0.717, 1.165) is 24.0 Å². The van der Waals surface area contributed by atoms with Crippen LogP contribution in [0.2, 0.25) is 0 Å². The second-order valence-corrected chi connectivity index (χ2v) is 8.78. The van der Waals surface area contributed by atoms with Crippen LogP contribution in [-0.4, -0.2) is 49.8 Å². The van der Waals surface area contributed by atoms with Gasteiger partial charge in [0.2, 0.25) is 10.0 Å². The SMILES string of the molecule is CCN(CC)C1CCN(S(=O)(=O)c2cc(Br)ccc2Br)C1. The Morgan fingerprint density at radius 2 is 1.95 bits per heavy atom. The lowest BCUT2D eigenvalue weighted by Crippen LogP contribution is -2.38. The first-order valence-electron chi connectivity index (χ1n) is 7.09. The van der Waals surface area contributed by atoms with Gasteiger partial charge in [0.15, 0.2) is 0 Å². The fourth-order valence-electron chi connectivity index (χ4n) is 2.78. The molecule has 1 aromatic rings. The lowest BCUT2D eigenvalue weighted by molar-refractivity contribution is 0.224. The fraction of sp³-hybridized carbons (Fsp3) is 0.571. The molecule has 0 bridgehead atoms. The lowest BCUT2D eigenvalue weighted by Gasteiger charge is -2.26. The number of halogens is 2. The molecule has 4 nitrogen and oxygen atoms in total. The van der Waals surface area contributed by atoms with Gasteiger partial charge in [0.25, 0.3) is 0 Å². The molecule has 1 unspecified atom stereocenters. The van der Waals surface area contributed by atoms with E-state index in [1.807, 2.05) is 6.07 Å². The monoisotopic (exact) mass is 438 g/mol. The van der Waals surface area contributed by atoms with E-state index in [1.165, 1.54) is 0 Å². The minimum absolute atomic E-state index is 0.320. The van der Waals surface area contributed by atoms with E-state index in [0.29, 0.717) is 28.5 Å². The molecule has 0 aliphatic carbocycles. The summed E-state index contributed by atoms with van der Waals surface area (Å²) in [7, 11) is -3.44. The Kier molecular flexibility index (Phi) is 5.87. The summed E-state index contributed by atoms with van der Waals surface area (Å²) < 4.78 is 28.6. The molecule has 1 aliphatic rings. The van der Waals surface area contributed by atoms with Crippen LogP contribution in [0.3, 0.4) is 0 Å². The van der Waals surface area contributed by atoms with Gasteiger partial charge in [-0.25, -0.2) is 8.42 Å². The van der Waals surface area contributed by atoms with Gasteiger partial charge in [-0.2, -0.15) is 4.31 Å². The highest BCUT2D eigenvalue weighted by Gasteiger charge is 2.35. The van der Waals surface area contributed by atoms with Crippen LogP contribution in [0, 0.1) is 0 Å². The molecule has 118 valence electrons. The number of rotatable bonds is 5. The van der Waals surface area contributed by atoms with Gasteiger partial charge in [-0.15, -0.1) is 0 Å². The molecule has 0 radical (unpaired) electrons. The Morgan fingerprint density at radius 3 is 2.57 bits per heavy atom. The Bertz CT molecular complexity index is 603. The molecule has 0 aromatic heterocycles. The summed E-state index contributed by atoms with van der Waals surface area (Å²) in [6.07, 6.45) is 0.895. The topological polar surface area (TPSA) is 40.6 Å². The molecule has 0 N–H and O–H groups in total. The van der Waals surface area contributed by atoms with E-state index in [4.69, 9.17) is 0 Å². The van der Waals surface area contributed by atoms with Crippen LogP contribution in [-0.2, 0) is 10.0 Å². The van der Waals surface area contributed by atoms with Gasteiger partial charge in [-0.3, -0.25) is 4.90 Å². The average molecular weight is 440 g/mol. The molecule has 7 heteroatoms. The largest absolute Gasteiger partial charge is 0.300 e. The molecule has 1 aliphatic heterocycles. The predicted molar refractivity (Wildman–Crippen MR) is 91.9 cm³/mol. The second-order valence-electron chi connectivity index (χ2n) is 5.10. The summed E-state index contributed by atoms with van der Waals surface area (Å²) in [5.41, 5.74) is 0. The van der Waals surface area contributed by atoms with Crippen molar-refractivity contribution >= 4 is 41.9 Å². The molecular formula is C14H20Br2N2O2S. The summed E-state index contributed by atoms with van der Waals surface area (Å²) in [6.45, 7) is 7.30. The minimum atomic E-state index is -3.44. The Hall–Kier alpha value is 0.0500. The van der Waals surface area contributed by atoms with Crippen LogP contribution in [0.15, 0.2) is 32.0 Å². The smallest absolute Gasteiger partial charge is 0.244 e. The van der Waals surface area contributed by atoms with Crippen molar-refractivity contribution in [2.45, 2.75) is 31.2 Å². The third-order valence-electron chi connectivity index (χ3n) is 3.97. The standard InChI is InChI=1S/C14H20Br2N2O2S/c1-3-17(4-2)12-7-8-18(10-12)21(19,20)14-9-11(15)5-6-13(14)16/h5-6,9,12H,3-4,7-8,10H2,1-2H3. The van der Waals surface area contributed by atoms with Crippen molar-refractivity contribution in [3.63, 3.8) is 0 Å². The molecule has 1 saturated heterocycles. The van der Waals surface area contributed by atoms with Crippen molar-refractivity contribution in [2.24, 2.45) is 0 Å². The quantitative estimate of drug-likeness (QED) is 0.706. The molecule has 21 heavy (non-hydrogen) atoms. The first-order chi connectivity index (χ1) is 9.90. The van der Waals surface area contributed by atoms with Crippen LogP contribution in [0.4, 0.5) is 0 Å². The summed E-state index contributed by atoms with van der Waals surface area (Å²) in [5.74, 6) is 0. The van der Waals surface area contributed by atoms with Crippen LogP contribution >= 0.6 is 31.9 Å². The van der Waals surface area contributed by atoms with E-state index in [1.54, 1.807) is 16.4 Å². The predicted octanol–water partition coefficient (Wildman–Crippen LogP) is 3.32. The summed E-state index contributed by atoms with van der Waals surface area (Å²) >= 11 is 6.69. The molecule has 0 amide bonds. The van der Waals surface area contributed by atoms with Crippen LogP contribution in [0.5, 0.6) is 0 Å². The zero-order chi connectivity index (χ0) is 15.6. The Labute approximate surface area is 143 Å². The van der Waals surface area contributed by atoms with Gasteiger partial charge < -0.3 is 0 Å². The third-order valence-corrected chi connectivity index (χ3v) is 7.32. The van der Waals surface area contributed by atoms with Gasteiger partial charge >= 0.3 is 0 Å². The molecule has 0 spiro atoms. The lowest BCUT2D eigenvalue weighted by atomic mass is 10.2. The van der Waals surface area contributed by atoms with Gasteiger partial charge in [0.05, 0.1) is 4.90 Å². The fourth-order valence-corrected chi connectivity index (χ4v) is 5.74. The van der Waals surface area contributed by atoms with E-state index < -0.39 is 10.0 Å². The number of hydrogen-bond donors (Lipinski definition) is 0. The zero-order valence-corrected chi connectivity index (χ0v) is 16.2. The molecule has 2 rings (SSSR count). The Balaban J connectivity index is 2.24. The molecule has 1 heterocycles. The van der Waals surface area contributed by atoms with E-state index in [-0.39, 0.29) is 0 Å². The number of benzene rings is 1. The van der Waals surface area contributed by atoms with Crippen molar-refractivity contribution in [3.8, 4) is 0 Å². The zero-order valence-electron chi connectivity index (χ0n) is 12.2. The van der Waals surface area contributed by atoms with Crippen LogP contribution in [0.1, 0.15) is 20.3 Å². The maximum Gasteiger partial charge on any atom is 0.244 e. The summed E-state index contributed by atoms with van der Waals surface area (Å²) in [6, 6.07) is 5.56. The maximum absolute atomic E-state index is 12.8. The van der Waals surface area contributed by atoms with Crippen LogP contribution in [0.25, 0.3) is 0 Å². The molecule has 1 aromatic carbocycles. The van der Waals surface area contributed by atoms with Crippen molar-refractivity contribution in [1.82, 2.24) is 9.21 Å². The van der Waals surface area contributed by atoms with E-state index in [9.17, 15) is 8.42 Å². The summed E-state index contributed by atoms with van der Waals surface area (Å²) in [5, 5.41) is 0. The minimum Gasteiger partial charge on any atom is -0.300 e. The number of nitrogens with zero attached hydrogens (tertiary/aromatic N) is 2. The number of likely N-dealkylation sites (N-methyl/N-ethyl adjacent to an activating group) is 1. The third kappa shape index (κ3) is 3.69. The highest BCUT2D eigenvalue weighted by Crippen LogP contribution is 2.30. The number of sulfonamides is 1. The summed E-state index contributed by atoms with van der Waals surface area (Å²) in [4.78, 5) is 2.66. The van der Waals surface area contributed by atoms with Gasteiger partial charge in [-0.05, 0) is 53.6 Å². The molecule has 0 saturated carbocycles. The average Bonchev–Trinajstić information content (AvgIpc) is 2.93. The Morgan fingerprint density at radius 1 is 1.29 bits per heavy atom. The van der Waals surface area contributed by atoms with Crippen LogP contribution < -0.4 is 0 Å².